The van der Waals surface area contributed by atoms with Gasteiger partial charge in [0.1, 0.15) is 12.2 Å². The maximum Gasteiger partial charge on any atom is 0.275 e. The first kappa shape index (κ1) is 17.6. The molecule has 6 nitrogen and oxygen atoms in total. The predicted octanol–water partition coefficient (Wildman–Crippen LogP) is 0.959. The van der Waals surface area contributed by atoms with Crippen molar-refractivity contribution in [3.8, 4) is 0 Å². The number of quaternary nitrogens is 1. The van der Waals surface area contributed by atoms with Gasteiger partial charge in [-0.3, -0.25) is 14.5 Å². The second-order valence-corrected chi connectivity index (χ2v) is 7.23. The number of nitrogens with one attached hydrogen (secondary N) is 2. The third-order valence-electron chi connectivity index (χ3n) is 4.51. The molecule has 0 aliphatic carbocycles. The Hall–Kier alpha value is -2.25. The fraction of sp³-hybridized carbons (Fsp3) is 0.389. The molecule has 7 heteroatoms. The van der Waals surface area contributed by atoms with E-state index in [1.807, 2.05) is 37.4 Å². The average molecular weight is 359 g/mol. The lowest BCUT2D eigenvalue weighted by Crippen LogP contribution is -3.14. The Morgan fingerprint density at radius 1 is 1.40 bits per heavy atom. The fourth-order valence-corrected chi connectivity index (χ4v) is 3.91. The third kappa shape index (κ3) is 3.88. The molecule has 1 fully saturated rings. The minimum Gasteiger partial charge on any atom is -0.346 e. The molecule has 0 radical (unpaired) electrons. The minimum absolute atomic E-state index is 0.0562. The lowest BCUT2D eigenvalue weighted by Gasteiger charge is -2.23. The second-order valence-electron chi connectivity index (χ2n) is 6.40. The van der Waals surface area contributed by atoms with Crippen molar-refractivity contribution in [1.82, 2.24) is 10.3 Å². The Kier molecular flexibility index (Phi) is 5.15. The molecule has 0 bridgehead atoms. The highest BCUT2D eigenvalue weighted by molar-refractivity contribution is 7.14. The van der Waals surface area contributed by atoms with E-state index in [9.17, 15) is 9.59 Å². The van der Waals surface area contributed by atoms with Crippen LogP contribution in [0.2, 0.25) is 0 Å². The standard InChI is InChI=1S/C18H22N4O2S/c1-12-5-4-6-16(13(12)2)22(14(3)23)18-20-15(11-25-18)9-21-8-7-19-17(24)10-21/h4-6,11H,7-10H2,1-3H3,(H,19,24)/p+1. The molecule has 2 heterocycles. The number of carbonyl (C=O) groups is 2. The van der Waals surface area contributed by atoms with Gasteiger partial charge in [0, 0.05) is 12.3 Å². The maximum absolute atomic E-state index is 12.3. The Labute approximate surface area is 151 Å². The highest BCUT2D eigenvalue weighted by Gasteiger charge is 2.23. The summed E-state index contributed by atoms with van der Waals surface area (Å²) >= 11 is 1.46. The molecule has 2 amide bonds. The lowest BCUT2D eigenvalue weighted by atomic mass is 10.1. The summed E-state index contributed by atoms with van der Waals surface area (Å²) in [5.41, 5.74) is 4.01. The summed E-state index contributed by atoms with van der Waals surface area (Å²) in [4.78, 5) is 31.3. The number of nitrogens with zero attached hydrogens (tertiary/aromatic N) is 2. The van der Waals surface area contributed by atoms with Gasteiger partial charge in [0.25, 0.3) is 5.91 Å². The SMILES string of the molecule is CC(=O)N(c1nc(C[NH+]2CCNC(=O)C2)cs1)c1cccc(C)c1C. The highest BCUT2D eigenvalue weighted by atomic mass is 32.1. The highest BCUT2D eigenvalue weighted by Crippen LogP contribution is 2.32. The number of hydrogen-bond donors (Lipinski definition) is 2. The zero-order chi connectivity index (χ0) is 18.0. The monoisotopic (exact) mass is 359 g/mol. The van der Waals surface area contributed by atoms with Gasteiger partial charge in [0.05, 0.1) is 18.8 Å². The van der Waals surface area contributed by atoms with Crippen LogP contribution in [0.5, 0.6) is 0 Å². The Morgan fingerprint density at radius 3 is 2.92 bits per heavy atom. The maximum atomic E-state index is 12.3. The van der Waals surface area contributed by atoms with Gasteiger partial charge in [-0.15, -0.1) is 11.3 Å². The Morgan fingerprint density at radius 2 is 2.20 bits per heavy atom. The number of rotatable bonds is 4. The molecule has 2 N–H and O–H groups in total. The molecule has 1 unspecified atom stereocenters. The fourth-order valence-electron chi connectivity index (χ4n) is 3.03. The number of anilines is 2. The topological polar surface area (TPSA) is 66.7 Å². The van der Waals surface area contributed by atoms with Crippen LogP contribution >= 0.6 is 11.3 Å². The summed E-state index contributed by atoms with van der Waals surface area (Å²) in [6.07, 6.45) is 0. The van der Waals surface area contributed by atoms with E-state index >= 15 is 0 Å². The molecule has 1 atom stereocenters. The number of hydrogen-bond acceptors (Lipinski definition) is 4. The van der Waals surface area contributed by atoms with E-state index in [0.717, 1.165) is 29.1 Å². The van der Waals surface area contributed by atoms with Gasteiger partial charge in [0.15, 0.2) is 11.7 Å². The summed E-state index contributed by atoms with van der Waals surface area (Å²) in [5.74, 6) is 0.0248. The number of carbonyl (C=O) groups excluding carboxylic acids is 2. The van der Waals surface area contributed by atoms with E-state index in [-0.39, 0.29) is 11.8 Å². The molecule has 1 aliphatic heterocycles. The van der Waals surface area contributed by atoms with Crippen molar-refractivity contribution in [2.45, 2.75) is 27.3 Å². The number of thiazole rings is 1. The van der Waals surface area contributed by atoms with Gasteiger partial charge in [-0.25, -0.2) is 4.98 Å². The Balaban J connectivity index is 1.84. The van der Waals surface area contributed by atoms with E-state index in [2.05, 4.69) is 10.3 Å². The largest absolute Gasteiger partial charge is 0.346 e. The van der Waals surface area contributed by atoms with E-state index in [1.54, 1.807) is 11.8 Å². The van der Waals surface area contributed by atoms with Crippen molar-refractivity contribution in [3.63, 3.8) is 0 Å². The van der Waals surface area contributed by atoms with Crippen LogP contribution in [0.15, 0.2) is 23.6 Å². The number of piperazine rings is 1. The molecule has 3 rings (SSSR count). The molecule has 0 saturated carbocycles. The van der Waals surface area contributed by atoms with Crippen LogP contribution < -0.4 is 15.1 Å². The first-order valence-electron chi connectivity index (χ1n) is 8.37. The van der Waals surface area contributed by atoms with E-state index < -0.39 is 0 Å². The zero-order valence-electron chi connectivity index (χ0n) is 14.8. The molecule has 1 aromatic carbocycles. The summed E-state index contributed by atoms with van der Waals surface area (Å²) in [6, 6.07) is 5.94. The summed E-state index contributed by atoms with van der Waals surface area (Å²) in [5, 5.41) is 5.50. The van der Waals surface area contributed by atoms with Crippen molar-refractivity contribution < 1.29 is 14.5 Å². The molecular weight excluding hydrogens is 336 g/mol. The van der Waals surface area contributed by atoms with Crippen molar-refractivity contribution in [1.29, 1.82) is 0 Å². The molecule has 1 saturated heterocycles. The van der Waals surface area contributed by atoms with E-state index in [1.165, 1.54) is 16.2 Å². The van der Waals surface area contributed by atoms with Gasteiger partial charge in [0.2, 0.25) is 5.91 Å². The van der Waals surface area contributed by atoms with Crippen LogP contribution in [0.3, 0.4) is 0 Å². The number of aromatic nitrogens is 1. The second kappa shape index (κ2) is 7.33. The number of amides is 2. The van der Waals surface area contributed by atoms with Crippen LogP contribution in [0, 0.1) is 13.8 Å². The average Bonchev–Trinajstić information content (AvgIpc) is 2.99. The molecule has 0 spiro atoms. The van der Waals surface area contributed by atoms with Gasteiger partial charge in [-0.2, -0.15) is 0 Å². The normalized spacial score (nSPS) is 17.2. The quantitative estimate of drug-likeness (QED) is 0.855. The number of aryl methyl sites for hydroxylation is 1. The summed E-state index contributed by atoms with van der Waals surface area (Å²) in [6.45, 7) is 8.38. The van der Waals surface area contributed by atoms with Crippen molar-refractivity contribution in [2.24, 2.45) is 0 Å². The molecule has 132 valence electrons. The zero-order valence-corrected chi connectivity index (χ0v) is 15.6. The third-order valence-corrected chi connectivity index (χ3v) is 5.38. The molecule has 1 aromatic heterocycles. The van der Waals surface area contributed by atoms with E-state index in [4.69, 9.17) is 0 Å². The van der Waals surface area contributed by atoms with Crippen molar-refractivity contribution in [3.05, 3.63) is 40.4 Å². The van der Waals surface area contributed by atoms with Crippen LogP contribution in [0.4, 0.5) is 10.8 Å². The molecule has 2 aromatic rings. The molecule has 25 heavy (non-hydrogen) atoms. The van der Waals surface area contributed by atoms with E-state index in [0.29, 0.717) is 24.8 Å². The van der Waals surface area contributed by atoms with Gasteiger partial charge < -0.3 is 10.2 Å². The summed E-state index contributed by atoms with van der Waals surface area (Å²) < 4.78 is 0. The lowest BCUT2D eigenvalue weighted by molar-refractivity contribution is -0.907. The first-order valence-corrected chi connectivity index (χ1v) is 9.25. The summed E-state index contributed by atoms with van der Waals surface area (Å²) in [7, 11) is 0. The van der Waals surface area contributed by atoms with Crippen LogP contribution in [0.1, 0.15) is 23.7 Å². The van der Waals surface area contributed by atoms with Gasteiger partial charge >= 0.3 is 0 Å². The predicted molar refractivity (Wildman–Crippen MR) is 98.3 cm³/mol. The van der Waals surface area contributed by atoms with Gasteiger partial charge in [-0.05, 0) is 31.0 Å². The smallest absolute Gasteiger partial charge is 0.275 e. The van der Waals surface area contributed by atoms with Crippen LogP contribution in [-0.4, -0.2) is 36.4 Å². The Bertz CT molecular complexity index is 802. The first-order chi connectivity index (χ1) is 12.0. The van der Waals surface area contributed by atoms with Crippen LogP contribution in [-0.2, 0) is 16.1 Å². The van der Waals surface area contributed by atoms with Gasteiger partial charge in [-0.1, -0.05) is 12.1 Å². The minimum atomic E-state index is -0.0562. The van der Waals surface area contributed by atoms with Crippen molar-refractivity contribution >= 4 is 34.0 Å². The number of benzene rings is 1. The molecular formula is C18H23N4O2S+. The molecule has 1 aliphatic rings. The van der Waals surface area contributed by atoms with Crippen molar-refractivity contribution in [2.75, 3.05) is 24.5 Å². The van der Waals surface area contributed by atoms with Crippen LogP contribution in [0.25, 0.3) is 0 Å².